The summed E-state index contributed by atoms with van der Waals surface area (Å²) in [4.78, 5) is 35.0. The van der Waals surface area contributed by atoms with Gasteiger partial charge in [-0.25, -0.2) is 9.97 Å². The normalized spacial score (nSPS) is 10.9. The monoisotopic (exact) mass is 412 g/mol. The fraction of sp³-hybridized carbons (Fsp3) is 0.158. The Hall–Kier alpha value is -3.04. The molecule has 0 saturated carbocycles. The molecule has 28 heavy (non-hydrogen) atoms. The lowest BCUT2D eigenvalue weighted by molar-refractivity contribution is -0.129. The SMILES string of the molecule is CN(Cc1nc2ccccc2s1)C(=O)Cc1csc(NC(=O)c2ccco2)n1. The number of carbonyl (C=O) groups is 2. The highest BCUT2D eigenvalue weighted by atomic mass is 32.1. The fourth-order valence-electron chi connectivity index (χ4n) is 2.58. The van der Waals surface area contributed by atoms with Crippen molar-refractivity contribution in [2.75, 3.05) is 12.4 Å². The van der Waals surface area contributed by atoms with E-state index in [9.17, 15) is 9.59 Å². The highest BCUT2D eigenvalue weighted by molar-refractivity contribution is 7.18. The third-order valence-corrected chi connectivity index (χ3v) is 5.81. The molecule has 4 aromatic rings. The summed E-state index contributed by atoms with van der Waals surface area (Å²) in [5.74, 6) is -0.220. The lowest BCUT2D eigenvalue weighted by atomic mass is 10.3. The number of fused-ring (bicyclic) bond motifs is 1. The van der Waals surface area contributed by atoms with Crippen LogP contribution in [0, 0.1) is 0 Å². The predicted octanol–water partition coefficient (Wildman–Crippen LogP) is 3.80. The van der Waals surface area contributed by atoms with Gasteiger partial charge < -0.3 is 9.32 Å². The maximum absolute atomic E-state index is 12.5. The number of anilines is 1. The number of hydrogen-bond acceptors (Lipinski definition) is 7. The first kappa shape index (κ1) is 18.3. The molecule has 0 atom stereocenters. The molecule has 0 aliphatic carbocycles. The minimum Gasteiger partial charge on any atom is -0.459 e. The first-order chi connectivity index (χ1) is 13.6. The van der Waals surface area contributed by atoms with Crippen LogP contribution in [0.2, 0.25) is 0 Å². The van der Waals surface area contributed by atoms with Crippen LogP contribution in [0.4, 0.5) is 5.13 Å². The quantitative estimate of drug-likeness (QED) is 0.520. The van der Waals surface area contributed by atoms with Crippen LogP contribution in [0.3, 0.4) is 0 Å². The molecule has 4 rings (SSSR count). The van der Waals surface area contributed by atoms with Crippen LogP contribution in [-0.4, -0.2) is 33.7 Å². The minimum atomic E-state index is -0.370. The van der Waals surface area contributed by atoms with E-state index in [4.69, 9.17) is 4.42 Å². The van der Waals surface area contributed by atoms with E-state index in [-0.39, 0.29) is 24.0 Å². The third kappa shape index (κ3) is 4.10. The Morgan fingerprint density at radius 1 is 1.18 bits per heavy atom. The van der Waals surface area contributed by atoms with Crippen LogP contribution in [0.15, 0.2) is 52.5 Å². The molecule has 0 unspecified atom stereocenters. The van der Waals surface area contributed by atoms with E-state index >= 15 is 0 Å². The maximum atomic E-state index is 12.5. The van der Waals surface area contributed by atoms with Crippen molar-refractivity contribution in [2.24, 2.45) is 0 Å². The second kappa shape index (κ2) is 7.91. The Labute approximate surface area is 168 Å². The summed E-state index contributed by atoms with van der Waals surface area (Å²) in [5, 5.41) is 5.75. The van der Waals surface area contributed by atoms with E-state index < -0.39 is 0 Å². The summed E-state index contributed by atoms with van der Waals surface area (Å²) < 4.78 is 6.15. The number of aromatic nitrogens is 2. The van der Waals surface area contributed by atoms with Crippen LogP contribution >= 0.6 is 22.7 Å². The fourth-order valence-corrected chi connectivity index (χ4v) is 4.31. The van der Waals surface area contributed by atoms with Crippen molar-refractivity contribution in [3.63, 3.8) is 0 Å². The molecule has 0 aliphatic heterocycles. The van der Waals surface area contributed by atoms with Crippen LogP contribution in [0.5, 0.6) is 0 Å². The van der Waals surface area contributed by atoms with Crippen molar-refractivity contribution >= 4 is 49.8 Å². The van der Waals surface area contributed by atoms with Crippen molar-refractivity contribution < 1.29 is 14.0 Å². The number of hydrogen-bond donors (Lipinski definition) is 1. The minimum absolute atomic E-state index is 0.0616. The Morgan fingerprint density at radius 3 is 2.82 bits per heavy atom. The van der Waals surface area contributed by atoms with Gasteiger partial charge in [0.15, 0.2) is 10.9 Å². The summed E-state index contributed by atoms with van der Waals surface area (Å²) in [7, 11) is 1.75. The average molecular weight is 412 g/mol. The molecule has 9 heteroatoms. The second-order valence-corrected chi connectivity index (χ2v) is 8.05. The van der Waals surface area contributed by atoms with E-state index in [1.54, 1.807) is 40.8 Å². The van der Waals surface area contributed by atoms with Crippen molar-refractivity contribution in [1.82, 2.24) is 14.9 Å². The van der Waals surface area contributed by atoms with Crippen LogP contribution < -0.4 is 5.32 Å². The molecule has 0 bridgehead atoms. The van der Waals surface area contributed by atoms with Gasteiger partial charge in [0.05, 0.1) is 35.1 Å². The van der Waals surface area contributed by atoms with E-state index in [0.717, 1.165) is 15.2 Å². The summed E-state index contributed by atoms with van der Waals surface area (Å²) in [6.07, 6.45) is 1.59. The smallest absolute Gasteiger partial charge is 0.293 e. The average Bonchev–Trinajstić information content (AvgIpc) is 3.42. The molecule has 7 nitrogen and oxygen atoms in total. The zero-order valence-electron chi connectivity index (χ0n) is 14.9. The summed E-state index contributed by atoms with van der Waals surface area (Å²) in [6.45, 7) is 0.449. The number of thiazole rings is 2. The van der Waals surface area contributed by atoms with Gasteiger partial charge in [-0.05, 0) is 24.3 Å². The number of para-hydroxylation sites is 1. The van der Waals surface area contributed by atoms with E-state index in [0.29, 0.717) is 17.4 Å². The molecule has 0 fully saturated rings. The zero-order chi connectivity index (χ0) is 19.5. The number of nitrogens with one attached hydrogen (secondary N) is 1. The van der Waals surface area contributed by atoms with Gasteiger partial charge in [-0.2, -0.15) is 0 Å². The van der Waals surface area contributed by atoms with Gasteiger partial charge in [-0.3, -0.25) is 14.9 Å². The van der Waals surface area contributed by atoms with Gasteiger partial charge in [-0.1, -0.05) is 12.1 Å². The van der Waals surface area contributed by atoms with Crippen LogP contribution in [0.1, 0.15) is 21.3 Å². The second-order valence-electron chi connectivity index (χ2n) is 6.08. The van der Waals surface area contributed by atoms with Gasteiger partial charge >= 0.3 is 0 Å². The maximum Gasteiger partial charge on any atom is 0.293 e. The largest absolute Gasteiger partial charge is 0.459 e. The lowest BCUT2D eigenvalue weighted by Crippen LogP contribution is -2.27. The Balaban J connectivity index is 1.35. The zero-order valence-corrected chi connectivity index (χ0v) is 16.5. The highest BCUT2D eigenvalue weighted by Gasteiger charge is 2.16. The van der Waals surface area contributed by atoms with Gasteiger partial charge in [0.25, 0.3) is 5.91 Å². The molecule has 0 spiro atoms. The Morgan fingerprint density at radius 2 is 2.04 bits per heavy atom. The van der Waals surface area contributed by atoms with E-state index in [1.807, 2.05) is 24.3 Å². The first-order valence-electron chi connectivity index (χ1n) is 8.46. The Kier molecular flexibility index (Phi) is 5.18. The standard InChI is InChI=1S/C19H16N4O3S2/c1-23(10-16-21-13-5-2-3-7-15(13)28-16)17(24)9-12-11-27-19(20-12)22-18(25)14-6-4-8-26-14/h2-8,11H,9-10H2,1H3,(H,20,22,25). The van der Waals surface area contributed by atoms with Crippen LogP contribution in [0.25, 0.3) is 10.2 Å². The summed E-state index contributed by atoms with van der Waals surface area (Å²) >= 11 is 2.85. The summed E-state index contributed by atoms with van der Waals surface area (Å²) in [5.41, 5.74) is 1.56. The number of furan rings is 1. The molecule has 0 radical (unpaired) electrons. The van der Waals surface area contributed by atoms with Gasteiger partial charge in [0.2, 0.25) is 5.91 Å². The Bertz CT molecular complexity index is 1080. The molecule has 142 valence electrons. The van der Waals surface area contributed by atoms with E-state index in [1.165, 1.54) is 17.6 Å². The molecular formula is C19H16N4O3S2. The third-order valence-electron chi connectivity index (χ3n) is 3.99. The summed E-state index contributed by atoms with van der Waals surface area (Å²) in [6, 6.07) is 11.1. The molecule has 1 N–H and O–H groups in total. The van der Waals surface area contributed by atoms with Crippen molar-refractivity contribution in [2.45, 2.75) is 13.0 Å². The molecule has 2 amide bonds. The van der Waals surface area contributed by atoms with E-state index in [2.05, 4.69) is 15.3 Å². The number of nitrogens with zero attached hydrogens (tertiary/aromatic N) is 3. The van der Waals surface area contributed by atoms with Gasteiger partial charge in [0, 0.05) is 12.4 Å². The molecule has 0 aliphatic rings. The number of benzene rings is 1. The lowest BCUT2D eigenvalue weighted by Gasteiger charge is -2.14. The molecule has 0 saturated heterocycles. The highest BCUT2D eigenvalue weighted by Crippen LogP contribution is 2.23. The molecule has 3 heterocycles. The van der Waals surface area contributed by atoms with Gasteiger partial charge in [0.1, 0.15) is 5.01 Å². The van der Waals surface area contributed by atoms with Crippen molar-refractivity contribution in [3.05, 3.63) is 64.5 Å². The molecule has 3 aromatic heterocycles. The molecule has 1 aromatic carbocycles. The molecular weight excluding hydrogens is 396 g/mol. The van der Waals surface area contributed by atoms with Crippen molar-refractivity contribution in [1.29, 1.82) is 0 Å². The number of amides is 2. The van der Waals surface area contributed by atoms with Crippen molar-refractivity contribution in [3.8, 4) is 0 Å². The number of carbonyl (C=O) groups excluding carboxylic acids is 2. The van der Waals surface area contributed by atoms with Crippen LogP contribution in [-0.2, 0) is 17.8 Å². The first-order valence-corrected chi connectivity index (χ1v) is 10.2. The predicted molar refractivity (Wildman–Crippen MR) is 109 cm³/mol. The number of likely N-dealkylation sites (N-methyl/N-ethyl adjacent to an activating group) is 1. The number of rotatable bonds is 6. The topological polar surface area (TPSA) is 88.3 Å². The van der Waals surface area contributed by atoms with Gasteiger partial charge in [-0.15, -0.1) is 22.7 Å².